The number of amides is 1. The number of aromatic nitrogens is 1. The smallest absolute Gasteiger partial charge is 0.252 e. The Labute approximate surface area is 174 Å². The molecule has 3 aromatic rings. The van der Waals surface area contributed by atoms with E-state index in [0.29, 0.717) is 5.56 Å². The van der Waals surface area contributed by atoms with Crippen LogP contribution in [-0.4, -0.2) is 17.4 Å². The molecule has 2 aromatic carbocycles. The first-order valence-electron chi connectivity index (χ1n) is 11.0. The largest absolute Gasteiger partial charge is 0.352 e. The number of hydrogen-bond donors (Lipinski definition) is 1. The van der Waals surface area contributed by atoms with Crippen LogP contribution in [0.1, 0.15) is 68.3 Å². The van der Waals surface area contributed by atoms with E-state index in [-0.39, 0.29) is 5.91 Å². The zero-order valence-corrected chi connectivity index (χ0v) is 17.7. The number of para-hydroxylation sites is 1. The number of benzene rings is 2. The molecule has 0 spiro atoms. The molecule has 1 aromatic heterocycles. The molecule has 0 unspecified atom stereocenters. The zero-order chi connectivity index (χ0) is 20.5. The number of carbonyl (C=O) groups is 1. The molecule has 0 bridgehead atoms. The number of fused-ring (bicyclic) bond motifs is 1. The van der Waals surface area contributed by atoms with E-state index in [1.54, 1.807) is 0 Å². The lowest BCUT2D eigenvalue weighted by Gasteiger charge is -2.11. The predicted octanol–water partition coefficient (Wildman–Crippen LogP) is 6.55. The second-order valence-corrected chi connectivity index (χ2v) is 7.65. The van der Waals surface area contributed by atoms with Gasteiger partial charge in [0, 0.05) is 17.5 Å². The average Bonchev–Trinajstić information content (AvgIpc) is 2.77. The van der Waals surface area contributed by atoms with Gasteiger partial charge >= 0.3 is 0 Å². The van der Waals surface area contributed by atoms with Gasteiger partial charge in [-0.25, -0.2) is 4.98 Å². The first-order chi connectivity index (χ1) is 14.2. The molecule has 3 nitrogen and oxygen atoms in total. The van der Waals surface area contributed by atoms with Gasteiger partial charge in [-0.3, -0.25) is 4.79 Å². The lowest BCUT2D eigenvalue weighted by atomic mass is 10.0. The van der Waals surface area contributed by atoms with Crippen molar-refractivity contribution >= 4 is 16.8 Å². The number of nitrogens with zero attached hydrogens (tertiary/aromatic N) is 1. The fraction of sp³-hybridized carbons (Fsp3) is 0.385. The van der Waals surface area contributed by atoms with E-state index >= 15 is 0 Å². The van der Waals surface area contributed by atoms with Crippen molar-refractivity contribution in [3.8, 4) is 11.3 Å². The van der Waals surface area contributed by atoms with Crippen molar-refractivity contribution in [1.82, 2.24) is 10.3 Å². The Morgan fingerprint density at radius 1 is 0.897 bits per heavy atom. The van der Waals surface area contributed by atoms with Crippen LogP contribution in [0.2, 0.25) is 0 Å². The molecule has 0 fully saturated rings. The van der Waals surface area contributed by atoms with Gasteiger partial charge in [0.15, 0.2) is 0 Å². The number of nitrogens with one attached hydrogen (secondary N) is 1. The van der Waals surface area contributed by atoms with Crippen molar-refractivity contribution in [1.29, 1.82) is 0 Å². The van der Waals surface area contributed by atoms with Crippen molar-refractivity contribution in [3.05, 3.63) is 65.7 Å². The van der Waals surface area contributed by atoms with Gasteiger partial charge in [-0.2, -0.15) is 0 Å². The van der Waals surface area contributed by atoms with Gasteiger partial charge in [0.1, 0.15) is 0 Å². The quantitative estimate of drug-likeness (QED) is 0.400. The van der Waals surface area contributed by atoms with E-state index in [0.717, 1.165) is 41.5 Å². The summed E-state index contributed by atoms with van der Waals surface area (Å²) in [5.74, 6) is -0.0106. The number of pyridine rings is 1. The van der Waals surface area contributed by atoms with Gasteiger partial charge in [0.05, 0.1) is 16.8 Å². The van der Waals surface area contributed by atoms with Crippen LogP contribution in [-0.2, 0) is 6.42 Å². The van der Waals surface area contributed by atoms with Crippen molar-refractivity contribution in [2.45, 2.75) is 58.8 Å². The third-order valence-corrected chi connectivity index (χ3v) is 5.43. The topological polar surface area (TPSA) is 42.0 Å². The average molecular weight is 389 g/mol. The summed E-state index contributed by atoms with van der Waals surface area (Å²) in [6, 6.07) is 18.3. The van der Waals surface area contributed by atoms with Gasteiger partial charge in [-0.1, -0.05) is 88.4 Å². The highest BCUT2D eigenvalue weighted by Crippen LogP contribution is 2.25. The van der Waals surface area contributed by atoms with E-state index in [4.69, 9.17) is 4.98 Å². The summed E-state index contributed by atoms with van der Waals surface area (Å²) < 4.78 is 0. The minimum absolute atomic E-state index is 0.0106. The molecule has 3 rings (SSSR count). The van der Waals surface area contributed by atoms with Crippen LogP contribution in [0, 0.1) is 0 Å². The van der Waals surface area contributed by atoms with Crippen LogP contribution < -0.4 is 5.32 Å². The minimum atomic E-state index is -0.0106. The Hall–Kier alpha value is -2.68. The molecule has 29 heavy (non-hydrogen) atoms. The highest BCUT2D eigenvalue weighted by Gasteiger charge is 2.13. The SMILES string of the molecule is CCCCCCCCNC(=O)c1cc(-c2ccc(CC)cc2)nc2ccccc12. The normalized spacial score (nSPS) is 11.0. The maximum absolute atomic E-state index is 12.9. The lowest BCUT2D eigenvalue weighted by molar-refractivity contribution is 0.0954. The van der Waals surface area contributed by atoms with Crippen LogP contribution in [0.15, 0.2) is 54.6 Å². The molecule has 1 N–H and O–H groups in total. The molecule has 0 radical (unpaired) electrons. The fourth-order valence-electron chi connectivity index (χ4n) is 3.62. The Morgan fingerprint density at radius 3 is 2.38 bits per heavy atom. The molecule has 0 aliphatic heterocycles. The van der Waals surface area contributed by atoms with Gasteiger partial charge in [0.2, 0.25) is 0 Å². The summed E-state index contributed by atoms with van der Waals surface area (Å²) in [6.07, 6.45) is 8.32. The fourth-order valence-corrected chi connectivity index (χ4v) is 3.62. The molecule has 0 saturated heterocycles. The Kier molecular flexibility index (Phi) is 7.80. The maximum Gasteiger partial charge on any atom is 0.252 e. The first-order valence-corrected chi connectivity index (χ1v) is 11.0. The highest BCUT2D eigenvalue weighted by atomic mass is 16.1. The Bertz CT molecular complexity index is 931. The summed E-state index contributed by atoms with van der Waals surface area (Å²) in [5, 5.41) is 4.02. The second-order valence-electron chi connectivity index (χ2n) is 7.65. The van der Waals surface area contributed by atoms with Crippen LogP contribution in [0.5, 0.6) is 0 Å². The van der Waals surface area contributed by atoms with Gasteiger partial charge in [-0.15, -0.1) is 0 Å². The summed E-state index contributed by atoms with van der Waals surface area (Å²) >= 11 is 0. The minimum Gasteiger partial charge on any atom is -0.352 e. The second kappa shape index (κ2) is 10.8. The highest BCUT2D eigenvalue weighted by molar-refractivity contribution is 6.07. The van der Waals surface area contributed by atoms with Crippen LogP contribution in [0.4, 0.5) is 0 Å². The van der Waals surface area contributed by atoms with Crippen molar-refractivity contribution in [2.75, 3.05) is 6.54 Å². The molecule has 1 amide bonds. The maximum atomic E-state index is 12.9. The van der Waals surface area contributed by atoms with Gasteiger partial charge < -0.3 is 5.32 Å². The van der Waals surface area contributed by atoms with E-state index in [1.807, 2.05) is 30.3 Å². The third-order valence-electron chi connectivity index (χ3n) is 5.43. The van der Waals surface area contributed by atoms with E-state index < -0.39 is 0 Å². The van der Waals surface area contributed by atoms with Crippen molar-refractivity contribution < 1.29 is 4.79 Å². The van der Waals surface area contributed by atoms with E-state index in [9.17, 15) is 4.79 Å². The first kappa shape index (κ1) is 21.0. The molecular weight excluding hydrogens is 356 g/mol. The Balaban J connectivity index is 1.76. The predicted molar refractivity (Wildman–Crippen MR) is 122 cm³/mol. The summed E-state index contributed by atoms with van der Waals surface area (Å²) in [6.45, 7) is 5.10. The molecular formula is C26H32N2O. The van der Waals surface area contributed by atoms with Crippen LogP contribution >= 0.6 is 0 Å². The Morgan fingerprint density at radius 2 is 1.62 bits per heavy atom. The van der Waals surface area contributed by atoms with Gasteiger partial charge in [-0.05, 0) is 30.5 Å². The molecule has 0 atom stereocenters. The molecule has 0 aliphatic carbocycles. The number of rotatable bonds is 10. The molecule has 0 aliphatic rings. The van der Waals surface area contributed by atoms with Gasteiger partial charge in [0.25, 0.3) is 5.91 Å². The standard InChI is InChI=1S/C26H32N2O/c1-3-5-6-7-8-11-18-27-26(29)23-19-25(21-16-14-20(4-2)15-17-21)28-24-13-10-9-12-22(23)24/h9-10,12-17,19H,3-8,11,18H2,1-2H3,(H,27,29). The van der Waals surface area contributed by atoms with Crippen molar-refractivity contribution in [3.63, 3.8) is 0 Å². The zero-order valence-electron chi connectivity index (χ0n) is 17.7. The van der Waals surface area contributed by atoms with E-state index in [2.05, 4.69) is 43.4 Å². The molecule has 0 saturated carbocycles. The summed E-state index contributed by atoms with van der Waals surface area (Å²) in [5.41, 5.74) is 4.74. The van der Waals surface area contributed by atoms with Crippen LogP contribution in [0.25, 0.3) is 22.2 Å². The number of carbonyl (C=O) groups excluding carboxylic acids is 1. The monoisotopic (exact) mass is 388 g/mol. The van der Waals surface area contributed by atoms with Crippen LogP contribution in [0.3, 0.4) is 0 Å². The molecule has 152 valence electrons. The number of aryl methyl sites for hydroxylation is 1. The molecule has 1 heterocycles. The number of hydrogen-bond acceptors (Lipinski definition) is 2. The van der Waals surface area contributed by atoms with E-state index in [1.165, 1.54) is 37.7 Å². The third kappa shape index (κ3) is 5.66. The lowest BCUT2D eigenvalue weighted by Crippen LogP contribution is -2.24. The van der Waals surface area contributed by atoms with Crippen molar-refractivity contribution in [2.24, 2.45) is 0 Å². The molecule has 3 heteroatoms. The summed E-state index contributed by atoms with van der Waals surface area (Å²) in [7, 11) is 0. The summed E-state index contributed by atoms with van der Waals surface area (Å²) in [4.78, 5) is 17.7. The number of unbranched alkanes of at least 4 members (excludes halogenated alkanes) is 5.